The van der Waals surface area contributed by atoms with Crippen LogP contribution in [0.3, 0.4) is 0 Å². The van der Waals surface area contributed by atoms with Crippen LogP contribution in [0, 0.1) is 5.82 Å². The predicted molar refractivity (Wildman–Crippen MR) is 70.3 cm³/mol. The number of nitrogens with one attached hydrogen (secondary N) is 1. The lowest BCUT2D eigenvalue weighted by Crippen LogP contribution is -2.37. The molecule has 0 aromatic heterocycles. The van der Waals surface area contributed by atoms with Crippen LogP contribution < -0.4 is 15.8 Å². The Labute approximate surface area is 112 Å². The van der Waals surface area contributed by atoms with Crippen LogP contribution in [-0.2, 0) is 4.79 Å². The summed E-state index contributed by atoms with van der Waals surface area (Å²) in [5.74, 6) is -0.248. The Bertz CT molecular complexity index is 473. The monoisotopic (exact) mass is 266 g/mol. The van der Waals surface area contributed by atoms with E-state index in [1.54, 1.807) is 26.0 Å². The van der Waals surface area contributed by atoms with Crippen LogP contribution in [0.4, 0.5) is 4.39 Å². The molecule has 4 nitrogen and oxygen atoms in total. The van der Waals surface area contributed by atoms with Crippen LogP contribution in [-0.4, -0.2) is 18.1 Å². The number of hydrogen-bond donors (Lipinski definition) is 2. The standard InChI is InChI=1S/C14H19FN2O2/c1-8(16)12-6-5-11(7-13(12)15)19-9(2)14(18)17-10-3-4-10/h5-10H,3-4,16H2,1-2H3,(H,17,18)/t8-,9?/m1/s1. The zero-order valence-corrected chi connectivity index (χ0v) is 11.2. The first-order valence-corrected chi connectivity index (χ1v) is 6.49. The molecule has 1 unspecified atom stereocenters. The molecule has 0 radical (unpaired) electrons. The summed E-state index contributed by atoms with van der Waals surface area (Å²) in [4.78, 5) is 11.7. The van der Waals surface area contributed by atoms with E-state index < -0.39 is 11.9 Å². The highest BCUT2D eigenvalue weighted by Crippen LogP contribution is 2.22. The molecular formula is C14H19FN2O2. The van der Waals surface area contributed by atoms with E-state index in [4.69, 9.17) is 10.5 Å². The number of hydrogen-bond acceptors (Lipinski definition) is 3. The second kappa shape index (κ2) is 5.57. The maximum atomic E-state index is 13.7. The summed E-state index contributed by atoms with van der Waals surface area (Å²) < 4.78 is 19.1. The fraction of sp³-hybridized carbons (Fsp3) is 0.500. The average Bonchev–Trinajstić information content (AvgIpc) is 3.12. The summed E-state index contributed by atoms with van der Waals surface area (Å²) in [5.41, 5.74) is 6.06. The van der Waals surface area contributed by atoms with E-state index >= 15 is 0 Å². The largest absolute Gasteiger partial charge is 0.481 e. The van der Waals surface area contributed by atoms with E-state index in [0.717, 1.165) is 12.8 Å². The third-order valence-electron chi connectivity index (χ3n) is 3.07. The Morgan fingerprint density at radius 3 is 2.68 bits per heavy atom. The molecule has 3 N–H and O–H groups in total. The molecule has 1 saturated carbocycles. The molecule has 0 bridgehead atoms. The lowest BCUT2D eigenvalue weighted by molar-refractivity contribution is -0.127. The molecule has 0 aliphatic heterocycles. The van der Waals surface area contributed by atoms with E-state index in [-0.39, 0.29) is 18.0 Å². The van der Waals surface area contributed by atoms with Crippen LogP contribution >= 0.6 is 0 Å². The van der Waals surface area contributed by atoms with Gasteiger partial charge in [-0.3, -0.25) is 4.79 Å². The summed E-state index contributed by atoms with van der Waals surface area (Å²) >= 11 is 0. The van der Waals surface area contributed by atoms with E-state index in [1.165, 1.54) is 6.07 Å². The average molecular weight is 266 g/mol. The number of rotatable bonds is 5. The van der Waals surface area contributed by atoms with Crippen molar-refractivity contribution in [3.05, 3.63) is 29.6 Å². The van der Waals surface area contributed by atoms with Gasteiger partial charge in [-0.1, -0.05) is 6.07 Å². The molecule has 1 aromatic carbocycles. The molecule has 5 heteroatoms. The second-order valence-electron chi connectivity index (χ2n) is 5.01. The minimum Gasteiger partial charge on any atom is -0.481 e. The van der Waals surface area contributed by atoms with Gasteiger partial charge >= 0.3 is 0 Å². The van der Waals surface area contributed by atoms with E-state index in [1.807, 2.05) is 0 Å². The molecule has 104 valence electrons. The minimum atomic E-state index is -0.638. The maximum Gasteiger partial charge on any atom is 0.260 e. The summed E-state index contributed by atoms with van der Waals surface area (Å²) in [6.07, 6.45) is 1.41. The quantitative estimate of drug-likeness (QED) is 0.855. The van der Waals surface area contributed by atoms with Gasteiger partial charge in [-0.25, -0.2) is 4.39 Å². The highest BCUT2D eigenvalue weighted by atomic mass is 19.1. The lowest BCUT2D eigenvalue weighted by atomic mass is 10.1. The molecule has 0 spiro atoms. The molecule has 1 aliphatic carbocycles. The number of ether oxygens (including phenoxy) is 1. The fourth-order valence-corrected chi connectivity index (χ4v) is 1.75. The Hall–Kier alpha value is -1.62. The third-order valence-corrected chi connectivity index (χ3v) is 3.07. The highest BCUT2D eigenvalue weighted by Gasteiger charge is 2.26. The van der Waals surface area contributed by atoms with Crippen LogP contribution in [0.15, 0.2) is 18.2 Å². The van der Waals surface area contributed by atoms with Crippen molar-refractivity contribution < 1.29 is 13.9 Å². The Kier molecular flexibility index (Phi) is 4.04. The normalized spacial score (nSPS) is 17.7. The van der Waals surface area contributed by atoms with Crippen molar-refractivity contribution >= 4 is 5.91 Å². The van der Waals surface area contributed by atoms with Gasteiger partial charge in [-0.15, -0.1) is 0 Å². The van der Waals surface area contributed by atoms with E-state index in [0.29, 0.717) is 11.3 Å². The molecule has 0 heterocycles. The number of nitrogens with two attached hydrogens (primary N) is 1. The van der Waals surface area contributed by atoms with Crippen molar-refractivity contribution in [1.82, 2.24) is 5.32 Å². The fourth-order valence-electron chi connectivity index (χ4n) is 1.75. The van der Waals surface area contributed by atoms with Gasteiger partial charge < -0.3 is 15.8 Å². The zero-order chi connectivity index (χ0) is 14.0. The van der Waals surface area contributed by atoms with Crippen LogP contribution in [0.25, 0.3) is 0 Å². The first-order chi connectivity index (χ1) is 8.97. The van der Waals surface area contributed by atoms with Gasteiger partial charge in [0.15, 0.2) is 6.10 Å². The summed E-state index contributed by atoms with van der Waals surface area (Å²) in [6.45, 7) is 3.36. The zero-order valence-electron chi connectivity index (χ0n) is 11.2. The third kappa shape index (κ3) is 3.67. The first-order valence-electron chi connectivity index (χ1n) is 6.49. The number of benzene rings is 1. The summed E-state index contributed by atoms with van der Waals surface area (Å²) in [6, 6.07) is 4.39. The number of halogens is 1. The topological polar surface area (TPSA) is 64.3 Å². The van der Waals surface area contributed by atoms with Crippen LogP contribution in [0.1, 0.15) is 38.3 Å². The summed E-state index contributed by atoms with van der Waals surface area (Å²) in [7, 11) is 0. The summed E-state index contributed by atoms with van der Waals surface area (Å²) in [5, 5.41) is 2.84. The highest BCUT2D eigenvalue weighted by molar-refractivity contribution is 5.81. The molecular weight excluding hydrogens is 247 g/mol. The SMILES string of the molecule is CC(Oc1ccc([C@@H](C)N)c(F)c1)C(=O)NC1CC1. The van der Waals surface area contributed by atoms with Gasteiger partial charge in [-0.05, 0) is 32.8 Å². The molecule has 1 aromatic rings. The van der Waals surface area contributed by atoms with Gasteiger partial charge in [0.2, 0.25) is 0 Å². The Morgan fingerprint density at radius 1 is 1.47 bits per heavy atom. The van der Waals surface area contributed by atoms with Crippen molar-refractivity contribution in [2.75, 3.05) is 0 Å². The first kappa shape index (κ1) is 13.8. The van der Waals surface area contributed by atoms with Crippen molar-refractivity contribution in [3.63, 3.8) is 0 Å². The predicted octanol–water partition coefficient (Wildman–Crippen LogP) is 1.89. The van der Waals surface area contributed by atoms with Crippen LogP contribution in [0.5, 0.6) is 5.75 Å². The van der Waals surface area contributed by atoms with Crippen molar-refractivity contribution in [1.29, 1.82) is 0 Å². The van der Waals surface area contributed by atoms with Crippen molar-refractivity contribution in [2.24, 2.45) is 5.73 Å². The minimum absolute atomic E-state index is 0.167. The molecule has 1 fully saturated rings. The lowest BCUT2D eigenvalue weighted by Gasteiger charge is -2.15. The van der Waals surface area contributed by atoms with Gasteiger partial charge in [0.1, 0.15) is 11.6 Å². The Morgan fingerprint density at radius 2 is 2.16 bits per heavy atom. The van der Waals surface area contributed by atoms with E-state index in [2.05, 4.69) is 5.32 Å². The van der Waals surface area contributed by atoms with Gasteiger partial charge in [-0.2, -0.15) is 0 Å². The molecule has 2 atom stereocenters. The second-order valence-corrected chi connectivity index (χ2v) is 5.01. The number of carbonyl (C=O) groups excluding carboxylic acids is 1. The molecule has 0 saturated heterocycles. The maximum absolute atomic E-state index is 13.7. The van der Waals surface area contributed by atoms with Gasteiger partial charge in [0.25, 0.3) is 5.91 Å². The molecule has 1 amide bonds. The van der Waals surface area contributed by atoms with Crippen molar-refractivity contribution in [2.45, 2.75) is 44.9 Å². The van der Waals surface area contributed by atoms with Gasteiger partial charge in [0.05, 0.1) is 0 Å². The molecule has 1 aliphatic rings. The molecule has 19 heavy (non-hydrogen) atoms. The Balaban J connectivity index is 1.98. The van der Waals surface area contributed by atoms with Crippen LogP contribution in [0.2, 0.25) is 0 Å². The van der Waals surface area contributed by atoms with E-state index in [9.17, 15) is 9.18 Å². The van der Waals surface area contributed by atoms with Crippen molar-refractivity contribution in [3.8, 4) is 5.75 Å². The number of amides is 1. The molecule has 2 rings (SSSR count). The van der Waals surface area contributed by atoms with Gasteiger partial charge in [0, 0.05) is 23.7 Å². The number of carbonyl (C=O) groups is 1. The smallest absolute Gasteiger partial charge is 0.260 e.